The molecule has 2 N–H and O–H groups in total. The third-order valence-corrected chi connectivity index (χ3v) is 4.71. The van der Waals surface area contributed by atoms with Gasteiger partial charge in [-0.15, -0.1) is 0 Å². The molecule has 0 bridgehead atoms. The lowest BCUT2D eigenvalue weighted by molar-refractivity contribution is 0.213. The van der Waals surface area contributed by atoms with Crippen molar-refractivity contribution in [3.8, 4) is 11.6 Å². The van der Waals surface area contributed by atoms with E-state index in [1.54, 1.807) is 12.3 Å². The van der Waals surface area contributed by atoms with Gasteiger partial charge >= 0.3 is 0 Å². The maximum atomic E-state index is 9.38. The van der Waals surface area contributed by atoms with E-state index in [1.165, 1.54) is 6.42 Å². The van der Waals surface area contributed by atoms with Gasteiger partial charge in [0, 0.05) is 24.9 Å². The highest BCUT2D eigenvalue weighted by atomic mass is 16.5. The Morgan fingerprint density at radius 2 is 2.00 bits per heavy atom. The van der Waals surface area contributed by atoms with Crippen molar-refractivity contribution in [2.45, 2.75) is 18.9 Å². The summed E-state index contributed by atoms with van der Waals surface area (Å²) in [7, 11) is 0. The van der Waals surface area contributed by atoms with E-state index < -0.39 is 0 Å². The van der Waals surface area contributed by atoms with E-state index in [-0.39, 0.29) is 6.61 Å². The Balaban J connectivity index is 1.44. The molecular weight excluding hydrogens is 278 g/mol. The summed E-state index contributed by atoms with van der Waals surface area (Å²) in [4.78, 5) is 8.71. The molecule has 0 saturated heterocycles. The molecule has 2 aromatic rings. The molecule has 4 atom stereocenters. The molecule has 1 aromatic heterocycles. The number of hydrogen-bond donors (Lipinski definition) is 2. The maximum absolute atomic E-state index is 9.38. The predicted molar refractivity (Wildman–Crippen MR) is 82.7 cm³/mol. The number of nitrogens with zero attached hydrogens (tertiary/aromatic N) is 2. The van der Waals surface area contributed by atoms with E-state index in [9.17, 15) is 5.11 Å². The number of aromatic nitrogens is 2. The molecule has 2 saturated carbocycles. The topological polar surface area (TPSA) is 67.3 Å². The summed E-state index contributed by atoms with van der Waals surface area (Å²) in [6.07, 6.45) is 3.92. The lowest BCUT2D eigenvalue weighted by Gasteiger charge is -2.16. The number of rotatable bonds is 5. The smallest absolute Gasteiger partial charge is 0.226 e. The lowest BCUT2D eigenvalue weighted by atomic mass is 10.0. The van der Waals surface area contributed by atoms with Crippen LogP contribution in [-0.4, -0.2) is 27.7 Å². The van der Waals surface area contributed by atoms with Crippen molar-refractivity contribution in [3.63, 3.8) is 0 Å². The Labute approximate surface area is 129 Å². The van der Waals surface area contributed by atoms with Crippen molar-refractivity contribution >= 4 is 5.95 Å². The van der Waals surface area contributed by atoms with Crippen LogP contribution in [0.5, 0.6) is 11.6 Å². The van der Waals surface area contributed by atoms with E-state index in [0.29, 0.717) is 35.6 Å². The number of ether oxygens (including phenoxy) is 1. The van der Waals surface area contributed by atoms with Gasteiger partial charge in [0.05, 0.1) is 0 Å². The fourth-order valence-electron chi connectivity index (χ4n) is 3.54. The van der Waals surface area contributed by atoms with Crippen LogP contribution in [0.2, 0.25) is 0 Å². The number of para-hydroxylation sites is 1. The van der Waals surface area contributed by atoms with Crippen LogP contribution in [0.4, 0.5) is 5.95 Å². The Morgan fingerprint density at radius 1 is 1.14 bits per heavy atom. The first-order chi connectivity index (χ1) is 10.8. The molecule has 5 nitrogen and oxygen atoms in total. The summed E-state index contributed by atoms with van der Waals surface area (Å²) >= 11 is 0. The summed E-state index contributed by atoms with van der Waals surface area (Å²) in [6, 6.07) is 11.7. The van der Waals surface area contributed by atoms with Gasteiger partial charge in [0.15, 0.2) is 0 Å². The zero-order valence-electron chi connectivity index (χ0n) is 12.2. The van der Waals surface area contributed by atoms with E-state index in [4.69, 9.17) is 4.74 Å². The number of nitrogens with one attached hydrogen (secondary N) is 1. The highest BCUT2D eigenvalue weighted by molar-refractivity contribution is 5.33. The molecule has 0 amide bonds. The third kappa shape index (κ3) is 2.64. The zero-order valence-corrected chi connectivity index (χ0v) is 12.2. The molecule has 22 heavy (non-hydrogen) atoms. The molecular formula is C17H19N3O2. The first kappa shape index (κ1) is 13.5. The standard InChI is InChI=1S/C17H19N3O2/c21-10-11-8-15(14-9-13(11)14)19-17-18-7-6-16(20-17)22-12-4-2-1-3-5-12/h1-7,11,13-15,21H,8-10H2,(H,18,19,20)/t11-,13-,14-,15-/m0/s1. The first-order valence-electron chi connectivity index (χ1n) is 7.77. The number of aliphatic hydroxyl groups is 1. The molecule has 5 heteroatoms. The normalized spacial score (nSPS) is 29.0. The van der Waals surface area contributed by atoms with Crippen LogP contribution < -0.4 is 10.1 Å². The van der Waals surface area contributed by atoms with E-state index in [0.717, 1.165) is 12.2 Å². The molecule has 0 radical (unpaired) electrons. The summed E-state index contributed by atoms with van der Waals surface area (Å²) < 4.78 is 5.73. The predicted octanol–water partition coefficient (Wildman–Crippen LogP) is 2.70. The molecule has 1 heterocycles. The molecule has 2 aliphatic rings. The summed E-state index contributed by atoms with van der Waals surface area (Å²) in [5, 5.41) is 12.8. The fourth-order valence-corrected chi connectivity index (χ4v) is 3.54. The SMILES string of the molecule is OC[C@@H]1C[C@H](Nc2nccc(Oc3ccccc3)n2)[C@H]2C[C@@H]12. The number of aliphatic hydroxyl groups excluding tert-OH is 1. The second kappa shape index (κ2) is 5.57. The molecule has 0 spiro atoms. The molecule has 4 rings (SSSR count). The number of anilines is 1. The molecule has 0 unspecified atom stereocenters. The van der Waals surface area contributed by atoms with E-state index >= 15 is 0 Å². The van der Waals surface area contributed by atoms with Gasteiger partial charge in [0.1, 0.15) is 5.75 Å². The van der Waals surface area contributed by atoms with Crippen LogP contribution in [0.1, 0.15) is 12.8 Å². The van der Waals surface area contributed by atoms with Crippen molar-refractivity contribution in [2.24, 2.45) is 17.8 Å². The van der Waals surface area contributed by atoms with E-state index in [1.807, 2.05) is 30.3 Å². The first-order valence-corrected chi connectivity index (χ1v) is 7.77. The molecule has 114 valence electrons. The minimum Gasteiger partial charge on any atom is -0.439 e. The lowest BCUT2D eigenvalue weighted by Crippen LogP contribution is -2.22. The Hall–Kier alpha value is -2.14. The van der Waals surface area contributed by atoms with Crippen LogP contribution in [0.3, 0.4) is 0 Å². The minimum atomic E-state index is 0.289. The van der Waals surface area contributed by atoms with Gasteiger partial charge in [-0.1, -0.05) is 18.2 Å². The van der Waals surface area contributed by atoms with Gasteiger partial charge in [-0.05, 0) is 42.7 Å². The second-order valence-electron chi connectivity index (χ2n) is 6.13. The highest BCUT2D eigenvalue weighted by Gasteiger charge is 2.53. The number of hydrogen-bond acceptors (Lipinski definition) is 5. The van der Waals surface area contributed by atoms with Crippen LogP contribution >= 0.6 is 0 Å². The van der Waals surface area contributed by atoms with Crippen LogP contribution in [0, 0.1) is 17.8 Å². The Morgan fingerprint density at radius 3 is 2.77 bits per heavy atom. The average Bonchev–Trinajstić information content (AvgIpc) is 3.27. The summed E-state index contributed by atoms with van der Waals surface area (Å²) in [6.45, 7) is 0.289. The molecule has 2 fully saturated rings. The summed E-state index contributed by atoms with van der Waals surface area (Å²) in [5.41, 5.74) is 0. The van der Waals surface area contributed by atoms with Gasteiger partial charge in [-0.2, -0.15) is 4.98 Å². The van der Waals surface area contributed by atoms with Crippen LogP contribution in [0.25, 0.3) is 0 Å². The Bertz CT molecular complexity index is 649. The van der Waals surface area contributed by atoms with Gasteiger partial charge in [0.2, 0.25) is 11.8 Å². The number of benzene rings is 1. The second-order valence-corrected chi connectivity index (χ2v) is 6.13. The minimum absolute atomic E-state index is 0.289. The van der Waals surface area contributed by atoms with Crippen LogP contribution in [0.15, 0.2) is 42.6 Å². The zero-order chi connectivity index (χ0) is 14.9. The van der Waals surface area contributed by atoms with Crippen LogP contribution in [-0.2, 0) is 0 Å². The molecule has 1 aromatic carbocycles. The van der Waals surface area contributed by atoms with Gasteiger partial charge in [0.25, 0.3) is 0 Å². The summed E-state index contributed by atoms with van der Waals surface area (Å²) in [5.74, 6) is 3.68. The number of fused-ring (bicyclic) bond motifs is 1. The fraction of sp³-hybridized carbons (Fsp3) is 0.412. The van der Waals surface area contributed by atoms with Gasteiger partial charge in [-0.3, -0.25) is 0 Å². The monoisotopic (exact) mass is 297 g/mol. The van der Waals surface area contributed by atoms with E-state index in [2.05, 4.69) is 15.3 Å². The highest BCUT2D eigenvalue weighted by Crippen LogP contribution is 2.55. The molecule has 0 aliphatic heterocycles. The van der Waals surface area contributed by atoms with Crippen molar-refractivity contribution in [2.75, 3.05) is 11.9 Å². The maximum Gasteiger partial charge on any atom is 0.226 e. The third-order valence-electron chi connectivity index (χ3n) is 4.71. The Kier molecular flexibility index (Phi) is 3.42. The van der Waals surface area contributed by atoms with Crippen molar-refractivity contribution in [1.29, 1.82) is 0 Å². The molecule has 2 aliphatic carbocycles. The van der Waals surface area contributed by atoms with Gasteiger partial charge in [-0.25, -0.2) is 4.98 Å². The van der Waals surface area contributed by atoms with Crippen molar-refractivity contribution in [1.82, 2.24) is 9.97 Å². The van der Waals surface area contributed by atoms with Crippen molar-refractivity contribution in [3.05, 3.63) is 42.6 Å². The largest absolute Gasteiger partial charge is 0.439 e. The average molecular weight is 297 g/mol. The quantitative estimate of drug-likeness (QED) is 0.888. The van der Waals surface area contributed by atoms with Gasteiger partial charge < -0.3 is 15.2 Å². The van der Waals surface area contributed by atoms with Crippen molar-refractivity contribution < 1.29 is 9.84 Å².